The molecule has 0 spiro atoms. The van der Waals surface area contributed by atoms with Gasteiger partial charge in [0.05, 0.1) is 18.8 Å². The number of nitrogens with one attached hydrogen (secondary N) is 1. The Labute approximate surface area is 155 Å². The highest BCUT2D eigenvalue weighted by Gasteiger charge is 2.17. The smallest absolute Gasteiger partial charge is 0.194 e. The molecule has 3 aromatic rings. The van der Waals surface area contributed by atoms with Crippen molar-refractivity contribution in [2.45, 2.75) is 13.1 Å². The fourth-order valence-corrected chi connectivity index (χ4v) is 3.75. The van der Waals surface area contributed by atoms with Gasteiger partial charge in [0.1, 0.15) is 0 Å². The lowest BCUT2D eigenvalue weighted by Gasteiger charge is -2.21. The first kappa shape index (κ1) is 16.1. The molecule has 0 saturated heterocycles. The molecule has 0 amide bonds. The minimum Gasteiger partial charge on any atom is -0.352 e. The van der Waals surface area contributed by atoms with Gasteiger partial charge in [0.15, 0.2) is 5.96 Å². The van der Waals surface area contributed by atoms with Gasteiger partial charge in [-0.2, -0.15) is 0 Å². The van der Waals surface area contributed by atoms with Crippen molar-refractivity contribution in [1.82, 2.24) is 15.2 Å². The molecule has 0 saturated carbocycles. The highest BCUT2D eigenvalue weighted by Crippen LogP contribution is 2.25. The van der Waals surface area contributed by atoms with Gasteiger partial charge in [-0.15, -0.1) is 0 Å². The van der Waals surface area contributed by atoms with Crippen LogP contribution in [0.15, 0.2) is 70.3 Å². The Hall–Kier alpha value is -2.40. The monoisotopic (exact) mass is 394 g/mol. The van der Waals surface area contributed by atoms with E-state index in [9.17, 15) is 0 Å². The lowest BCUT2D eigenvalue weighted by Crippen LogP contribution is -2.37. The van der Waals surface area contributed by atoms with E-state index < -0.39 is 0 Å². The van der Waals surface area contributed by atoms with Crippen LogP contribution in [0, 0.1) is 0 Å². The first-order valence-electron chi connectivity index (χ1n) is 8.40. The Bertz CT molecular complexity index is 908. The van der Waals surface area contributed by atoms with Crippen molar-refractivity contribution in [2.24, 2.45) is 4.99 Å². The Kier molecular flexibility index (Phi) is 4.65. The number of hydrogen-bond donors (Lipinski definition) is 1. The van der Waals surface area contributed by atoms with Gasteiger partial charge in [0.25, 0.3) is 0 Å². The zero-order valence-corrected chi connectivity index (χ0v) is 15.4. The minimum atomic E-state index is 0.751. The highest BCUT2D eigenvalue weighted by atomic mass is 79.9. The molecule has 2 aromatic carbocycles. The number of nitrogens with zero attached hydrogens (tertiary/aromatic N) is 3. The molecule has 5 heteroatoms. The standard InChI is InChI=1S/C20H19BrN4/c21-19-12-15(11-16-5-1-2-7-18(16)19)13-24-20-23-9-10-25(20)14-17-6-3-4-8-22-17/h1-8,11-12H,9-10,13-14H2,(H,23,24). The number of benzene rings is 2. The van der Waals surface area contributed by atoms with Crippen molar-refractivity contribution in [3.63, 3.8) is 0 Å². The van der Waals surface area contributed by atoms with E-state index in [0.29, 0.717) is 0 Å². The molecular weight excluding hydrogens is 376 g/mol. The number of hydrogen-bond acceptors (Lipinski definition) is 4. The van der Waals surface area contributed by atoms with Crippen LogP contribution in [0.25, 0.3) is 10.8 Å². The molecule has 0 fully saturated rings. The molecular formula is C20H19BrN4. The molecule has 4 nitrogen and oxygen atoms in total. The normalized spacial score (nSPS) is 14.0. The summed E-state index contributed by atoms with van der Waals surface area (Å²) in [5.41, 5.74) is 2.30. The van der Waals surface area contributed by atoms with E-state index in [0.717, 1.165) is 42.3 Å². The summed E-state index contributed by atoms with van der Waals surface area (Å²) in [4.78, 5) is 11.3. The Morgan fingerprint density at radius 3 is 2.84 bits per heavy atom. The molecule has 0 atom stereocenters. The second-order valence-electron chi connectivity index (χ2n) is 6.10. The molecule has 2 heterocycles. The molecule has 0 aliphatic carbocycles. The summed E-state index contributed by atoms with van der Waals surface area (Å²) in [6, 6.07) is 18.8. The third-order valence-corrected chi connectivity index (χ3v) is 4.99. The summed E-state index contributed by atoms with van der Waals surface area (Å²) in [6.45, 7) is 3.30. The second-order valence-corrected chi connectivity index (χ2v) is 6.95. The van der Waals surface area contributed by atoms with Crippen LogP contribution in [0.2, 0.25) is 0 Å². The summed E-state index contributed by atoms with van der Waals surface area (Å²) in [5.74, 6) is 0.954. The average Bonchev–Trinajstić information content (AvgIpc) is 3.08. The van der Waals surface area contributed by atoms with Crippen LogP contribution in [0.1, 0.15) is 11.3 Å². The van der Waals surface area contributed by atoms with Crippen molar-refractivity contribution in [3.05, 3.63) is 76.5 Å². The van der Waals surface area contributed by atoms with Gasteiger partial charge >= 0.3 is 0 Å². The molecule has 0 bridgehead atoms. The zero-order chi connectivity index (χ0) is 17.1. The fraction of sp³-hybridized carbons (Fsp3) is 0.200. The maximum absolute atomic E-state index is 4.61. The first-order valence-corrected chi connectivity index (χ1v) is 9.19. The summed E-state index contributed by atoms with van der Waals surface area (Å²) in [5, 5.41) is 5.97. The van der Waals surface area contributed by atoms with Crippen molar-refractivity contribution >= 4 is 32.7 Å². The van der Waals surface area contributed by atoms with E-state index >= 15 is 0 Å². The van der Waals surface area contributed by atoms with E-state index in [1.54, 1.807) is 0 Å². The van der Waals surface area contributed by atoms with Gasteiger partial charge in [-0.05, 0) is 40.6 Å². The quantitative estimate of drug-likeness (QED) is 0.727. The van der Waals surface area contributed by atoms with Crippen molar-refractivity contribution in [1.29, 1.82) is 0 Å². The molecule has 4 rings (SSSR count). The maximum atomic E-state index is 4.61. The van der Waals surface area contributed by atoms with E-state index in [1.807, 2.05) is 18.3 Å². The fourth-order valence-electron chi connectivity index (χ4n) is 3.10. The molecule has 1 aromatic heterocycles. The maximum Gasteiger partial charge on any atom is 0.194 e. The highest BCUT2D eigenvalue weighted by molar-refractivity contribution is 9.10. The van der Waals surface area contributed by atoms with E-state index in [-0.39, 0.29) is 0 Å². The summed E-state index contributed by atoms with van der Waals surface area (Å²) in [7, 11) is 0. The van der Waals surface area contributed by atoms with Gasteiger partial charge in [0.2, 0.25) is 0 Å². The number of guanidine groups is 1. The van der Waals surface area contributed by atoms with Crippen LogP contribution in [-0.2, 0) is 13.1 Å². The number of halogens is 1. The Balaban J connectivity index is 1.45. The van der Waals surface area contributed by atoms with Crippen LogP contribution in [0.3, 0.4) is 0 Å². The SMILES string of the molecule is Brc1cc(CNC2=NCCN2Cc2ccccn2)cc2ccccc12. The number of pyridine rings is 1. The van der Waals surface area contributed by atoms with Crippen LogP contribution in [0.4, 0.5) is 0 Å². The van der Waals surface area contributed by atoms with Crippen LogP contribution < -0.4 is 5.32 Å². The first-order chi connectivity index (χ1) is 12.3. The third kappa shape index (κ3) is 3.66. The lowest BCUT2D eigenvalue weighted by molar-refractivity contribution is 0.431. The van der Waals surface area contributed by atoms with Crippen molar-refractivity contribution in [2.75, 3.05) is 13.1 Å². The lowest BCUT2D eigenvalue weighted by atomic mass is 10.1. The number of fused-ring (bicyclic) bond motifs is 1. The Morgan fingerprint density at radius 2 is 1.96 bits per heavy atom. The van der Waals surface area contributed by atoms with Gasteiger partial charge in [0, 0.05) is 23.8 Å². The third-order valence-electron chi connectivity index (χ3n) is 4.33. The van der Waals surface area contributed by atoms with Crippen LogP contribution in [-0.4, -0.2) is 28.9 Å². The summed E-state index contributed by atoms with van der Waals surface area (Å²) < 4.78 is 1.13. The van der Waals surface area contributed by atoms with Gasteiger partial charge in [-0.3, -0.25) is 9.98 Å². The number of aromatic nitrogens is 1. The van der Waals surface area contributed by atoms with Gasteiger partial charge < -0.3 is 10.2 Å². The van der Waals surface area contributed by atoms with E-state index in [4.69, 9.17) is 0 Å². The van der Waals surface area contributed by atoms with Crippen LogP contribution in [0.5, 0.6) is 0 Å². The summed E-state index contributed by atoms with van der Waals surface area (Å²) in [6.07, 6.45) is 1.84. The summed E-state index contributed by atoms with van der Waals surface area (Å²) >= 11 is 3.68. The molecule has 1 N–H and O–H groups in total. The zero-order valence-electron chi connectivity index (χ0n) is 13.8. The number of aliphatic imine (C=N–C) groups is 1. The van der Waals surface area contributed by atoms with Crippen molar-refractivity contribution < 1.29 is 0 Å². The van der Waals surface area contributed by atoms with Gasteiger partial charge in [-0.25, -0.2) is 0 Å². The molecule has 0 unspecified atom stereocenters. The molecule has 1 aliphatic heterocycles. The van der Waals surface area contributed by atoms with Crippen LogP contribution >= 0.6 is 15.9 Å². The molecule has 1 aliphatic rings. The van der Waals surface area contributed by atoms with E-state index in [1.165, 1.54) is 16.3 Å². The predicted octanol–water partition coefficient (Wildman–Crippen LogP) is 3.96. The predicted molar refractivity (Wildman–Crippen MR) is 105 cm³/mol. The largest absolute Gasteiger partial charge is 0.352 e. The minimum absolute atomic E-state index is 0.751. The average molecular weight is 395 g/mol. The van der Waals surface area contributed by atoms with Crippen molar-refractivity contribution in [3.8, 4) is 0 Å². The van der Waals surface area contributed by atoms with E-state index in [2.05, 4.69) is 78.6 Å². The molecule has 0 radical (unpaired) electrons. The van der Waals surface area contributed by atoms with Gasteiger partial charge in [-0.1, -0.05) is 46.3 Å². The second kappa shape index (κ2) is 7.23. The number of rotatable bonds is 4. The molecule has 25 heavy (non-hydrogen) atoms. The topological polar surface area (TPSA) is 40.5 Å². The molecule has 126 valence electrons. The Morgan fingerprint density at radius 1 is 1.08 bits per heavy atom.